The molecule has 2 heterocycles. The number of benzene rings is 6. The van der Waals surface area contributed by atoms with Gasteiger partial charge < -0.3 is 4.74 Å². The second-order valence-electron chi connectivity index (χ2n) is 13.7. The lowest BCUT2D eigenvalue weighted by Gasteiger charge is -2.30. The predicted molar refractivity (Wildman–Crippen MR) is 199 cm³/mol. The van der Waals surface area contributed by atoms with Crippen molar-refractivity contribution in [2.75, 3.05) is 18.6 Å². The Morgan fingerprint density at radius 2 is 0.900 bits per heavy atom. The third-order valence-corrected chi connectivity index (χ3v) is 10.8. The number of amides is 4. The van der Waals surface area contributed by atoms with Crippen LogP contribution in [0.4, 0.5) is 5.69 Å². The molecule has 0 bridgehead atoms. The lowest BCUT2D eigenvalue weighted by atomic mass is 9.82. The molecule has 0 unspecified atom stereocenters. The maximum atomic E-state index is 14.0. The van der Waals surface area contributed by atoms with E-state index < -0.39 is 11.8 Å². The number of anilines is 1. The number of imide groups is 2. The molecular weight excluding hydrogens is 624 g/mol. The molecule has 0 fully saturated rings. The molecule has 0 aliphatic carbocycles. The van der Waals surface area contributed by atoms with Crippen LogP contribution in [0.1, 0.15) is 113 Å². The Kier molecular flexibility index (Phi) is 8.22. The summed E-state index contributed by atoms with van der Waals surface area (Å²) in [5, 5.41) is 6.50. The summed E-state index contributed by atoms with van der Waals surface area (Å²) in [6, 6.07) is 22.0. The Morgan fingerprint density at radius 3 is 1.36 bits per heavy atom. The molecule has 252 valence electrons. The first-order chi connectivity index (χ1) is 24.5. The zero-order valence-electron chi connectivity index (χ0n) is 28.6. The monoisotopic (exact) mass is 664 g/mol. The first kappa shape index (κ1) is 31.9. The highest BCUT2D eigenvalue weighted by molar-refractivity contribution is 6.43. The van der Waals surface area contributed by atoms with Crippen LogP contribution in [0.15, 0.2) is 72.8 Å². The van der Waals surface area contributed by atoms with Crippen LogP contribution in [0.3, 0.4) is 0 Å². The van der Waals surface area contributed by atoms with E-state index in [1.54, 1.807) is 36.4 Å². The fraction of sp³-hybridized carbons (Fsp3) is 0.302. The van der Waals surface area contributed by atoms with Crippen molar-refractivity contribution in [3.63, 3.8) is 0 Å². The number of rotatable bonds is 13. The summed E-state index contributed by atoms with van der Waals surface area (Å²) in [5.41, 5.74) is 2.35. The van der Waals surface area contributed by atoms with Gasteiger partial charge in [-0.1, -0.05) is 101 Å². The van der Waals surface area contributed by atoms with Gasteiger partial charge in [-0.05, 0) is 75.1 Å². The number of carbonyl (C=O) groups is 4. The molecule has 0 spiro atoms. The van der Waals surface area contributed by atoms with E-state index in [9.17, 15) is 19.2 Å². The number of methoxy groups -OCH3 is 1. The van der Waals surface area contributed by atoms with Crippen LogP contribution in [0.2, 0.25) is 0 Å². The summed E-state index contributed by atoms with van der Waals surface area (Å²) in [6.07, 6.45) is 11.9. The third kappa shape index (κ3) is 4.85. The van der Waals surface area contributed by atoms with Gasteiger partial charge in [-0.15, -0.1) is 0 Å². The van der Waals surface area contributed by atoms with Gasteiger partial charge in [-0.3, -0.25) is 24.1 Å². The van der Waals surface area contributed by atoms with Gasteiger partial charge in [0.1, 0.15) is 5.75 Å². The standard InChI is InChI=1S/C43H40N2O5/c1-3-4-5-6-7-8-9-10-11-14-25-44-40(46)30-21-17-26-28-19-23-32-39-33(43(49)45(42(32)48)34-15-12-13-16-35(34)50-2)24-20-29(37(28)39)27-18-22-31(41(44)47)38(30)36(26)27/h12-13,15-24H,3-11,14,25H2,1-2H3. The summed E-state index contributed by atoms with van der Waals surface area (Å²) >= 11 is 0. The number of unbranched alkanes of at least 4 members (excludes halogenated alkanes) is 9. The number of fused-ring (bicyclic) bond motifs is 2. The van der Waals surface area contributed by atoms with Crippen LogP contribution in [0.5, 0.6) is 5.75 Å². The fourth-order valence-corrected chi connectivity index (χ4v) is 8.31. The van der Waals surface area contributed by atoms with Crippen molar-refractivity contribution in [1.29, 1.82) is 0 Å². The number of para-hydroxylation sites is 2. The lowest BCUT2D eigenvalue weighted by molar-refractivity contribution is 0.0607. The first-order valence-corrected chi connectivity index (χ1v) is 18.0. The van der Waals surface area contributed by atoms with Crippen molar-refractivity contribution in [2.24, 2.45) is 0 Å². The van der Waals surface area contributed by atoms with Crippen molar-refractivity contribution in [1.82, 2.24) is 4.90 Å². The van der Waals surface area contributed by atoms with Gasteiger partial charge in [0.05, 0.1) is 12.8 Å². The van der Waals surface area contributed by atoms with Crippen LogP contribution in [0.25, 0.3) is 43.1 Å². The Balaban J connectivity index is 1.14. The summed E-state index contributed by atoms with van der Waals surface area (Å²) < 4.78 is 5.50. The van der Waals surface area contributed by atoms with Crippen LogP contribution < -0.4 is 9.64 Å². The second-order valence-corrected chi connectivity index (χ2v) is 13.7. The molecule has 2 aliphatic rings. The largest absolute Gasteiger partial charge is 0.495 e. The average molecular weight is 665 g/mol. The van der Waals surface area contributed by atoms with E-state index in [1.807, 2.05) is 36.4 Å². The van der Waals surface area contributed by atoms with Gasteiger partial charge in [-0.25, -0.2) is 4.90 Å². The van der Waals surface area contributed by atoms with E-state index in [2.05, 4.69) is 6.92 Å². The molecule has 0 N–H and O–H groups in total. The molecule has 2 aliphatic heterocycles. The zero-order chi connectivity index (χ0) is 34.5. The normalized spacial score (nSPS) is 14.4. The maximum absolute atomic E-state index is 14.0. The molecule has 0 atom stereocenters. The Morgan fingerprint density at radius 1 is 0.480 bits per heavy atom. The average Bonchev–Trinajstić information content (AvgIpc) is 3.14. The molecule has 7 nitrogen and oxygen atoms in total. The van der Waals surface area contributed by atoms with E-state index in [-0.39, 0.29) is 11.8 Å². The van der Waals surface area contributed by atoms with Gasteiger partial charge in [-0.2, -0.15) is 0 Å². The van der Waals surface area contributed by atoms with Crippen LogP contribution >= 0.6 is 0 Å². The molecule has 4 amide bonds. The molecule has 6 aromatic rings. The van der Waals surface area contributed by atoms with Crippen molar-refractivity contribution < 1.29 is 23.9 Å². The number of hydrogen-bond acceptors (Lipinski definition) is 5. The number of hydrogen-bond donors (Lipinski definition) is 0. The molecule has 0 saturated heterocycles. The summed E-state index contributed by atoms with van der Waals surface area (Å²) in [6.45, 7) is 2.65. The maximum Gasteiger partial charge on any atom is 0.266 e. The van der Waals surface area contributed by atoms with Crippen molar-refractivity contribution >= 4 is 72.4 Å². The molecule has 7 heteroatoms. The molecule has 0 aromatic heterocycles. The summed E-state index contributed by atoms with van der Waals surface area (Å²) in [5.74, 6) is -0.879. The predicted octanol–water partition coefficient (Wildman–Crippen LogP) is 10.1. The topological polar surface area (TPSA) is 84.0 Å². The highest BCUT2D eigenvalue weighted by Crippen LogP contribution is 2.47. The quantitative estimate of drug-likeness (QED) is 0.0531. The minimum atomic E-state index is -0.412. The highest BCUT2D eigenvalue weighted by Gasteiger charge is 2.38. The van der Waals surface area contributed by atoms with Crippen LogP contribution in [-0.2, 0) is 0 Å². The first-order valence-electron chi connectivity index (χ1n) is 18.0. The highest BCUT2D eigenvalue weighted by atomic mass is 16.5. The molecule has 6 aromatic carbocycles. The van der Waals surface area contributed by atoms with Crippen molar-refractivity contribution in [3.05, 3.63) is 95.1 Å². The number of nitrogens with zero attached hydrogens (tertiary/aromatic N) is 2. The van der Waals surface area contributed by atoms with E-state index in [1.165, 1.54) is 61.9 Å². The molecule has 8 rings (SSSR count). The minimum absolute atomic E-state index is 0.245. The van der Waals surface area contributed by atoms with E-state index in [0.717, 1.165) is 51.6 Å². The van der Waals surface area contributed by atoms with Crippen LogP contribution in [0, 0.1) is 0 Å². The van der Waals surface area contributed by atoms with E-state index >= 15 is 0 Å². The molecule has 0 radical (unpaired) electrons. The smallest absolute Gasteiger partial charge is 0.266 e. The van der Waals surface area contributed by atoms with E-state index in [4.69, 9.17) is 4.74 Å². The number of carbonyl (C=O) groups excluding carboxylic acids is 4. The van der Waals surface area contributed by atoms with Gasteiger partial charge in [0, 0.05) is 39.6 Å². The third-order valence-electron chi connectivity index (χ3n) is 10.8. The SMILES string of the molecule is CCCCCCCCCCCCN1C(=O)c2ccc3c4ccc5c6c(ccc(c7ccc(c2c37)C1=O)c64)C(=O)N(c1ccccc1OC)C5=O. The van der Waals surface area contributed by atoms with Crippen molar-refractivity contribution in [2.45, 2.75) is 71.1 Å². The van der Waals surface area contributed by atoms with Gasteiger partial charge >= 0.3 is 0 Å². The van der Waals surface area contributed by atoms with Crippen molar-refractivity contribution in [3.8, 4) is 5.75 Å². The van der Waals surface area contributed by atoms with Gasteiger partial charge in [0.2, 0.25) is 0 Å². The lowest BCUT2D eigenvalue weighted by Crippen LogP contribution is -2.41. The second kappa shape index (κ2) is 12.9. The Hall–Kier alpha value is -5.30. The fourth-order valence-electron chi connectivity index (χ4n) is 8.31. The zero-order valence-corrected chi connectivity index (χ0v) is 28.6. The number of ether oxygens (including phenoxy) is 1. The van der Waals surface area contributed by atoms with Gasteiger partial charge in [0.15, 0.2) is 0 Å². The summed E-state index contributed by atoms with van der Waals surface area (Å²) in [4.78, 5) is 58.5. The molecule has 50 heavy (non-hydrogen) atoms. The molecular formula is C43H40N2O5. The van der Waals surface area contributed by atoms with Crippen LogP contribution in [-0.4, -0.2) is 42.2 Å². The molecule has 0 saturated carbocycles. The minimum Gasteiger partial charge on any atom is -0.495 e. The Labute approximate surface area is 291 Å². The summed E-state index contributed by atoms with van der Waals surface area (Å²) in [7, 11) is 1.52. The Bertz CT molecular complexity index is 2240. The van der Waals surface area contributed by atoms with E-state index in [0.29, 0.717) is 51.0 Å². The van der Waals surface area contributed by atoms with Gasteiger partial charge in [0.25, 0.3) is 23.6 Å².